The Kier molecular flexibility index (Phi) is 6.28. The van der Waals surface area contributed by atoms with Crippen LogP contribution in [-0.2, 0) is 37.1 Å². The van der Waals surface area contributed by atoms with Crippen LogP contribution in [-0.4, -0.2) is 42.0 Å². The Morgan fingerprint density at radius 2 is 1.71 bits per heavy atom. The molecular formula is C28H41NO5. The molecule has 0 N–H and O–H groups in total. The Morgan fingerprint density at radius 3 is 2.50 bits per heavy atom. The monoisotopic (exact) mass is 471 g/mol. The van der Waals surface area contributed by atoms with Gasteiger partial charge in [-0.3, -0.25) is 4.90 Å². The average Bonchev–Trinajstić information content (AvgIpc) is 3.08. The topological polar surface area (TPSA) is 49.4 Å². The van der Waals surface area contributed by atoms with E-state index in [-0.39, 0.29) is 12.2 Å². The summed E-state index contributed by atoms with van der Waals surface area (Å²) in [7, 11) is 0. The minimum absolute atomic E-state index is 0.208. The maximum absolute atomic E-state index is 6.55. The Hall–Kier alpha value is -1.02. The number of nitrogens with zero attached hydrogens (tertiary/aromatic N) is 1. The smallest absolute Gasteiger partial charge is 0.201 e. The van der Waals surface area contributed by atoms with Gasteiger partial charge in [0.1, 0.15) is 0 Å². The van der Waals surface area contributed by atoms with Gasteiger partial charge in [-0.25, -0.2) is 9.78 Å². The van der Waals surface area contributed by atoms with Gasteiger partial charge >= 0.3 is 0 Å². The van der Waals surface area contributed by atoms with Crippen LogP contribution in [0.2, 0.25) is 0 Å². The Bertz CT molecular complexity index is 857. The van der Waals surface area contributed by atoms with Gasteiger partial charge in [-0.2, -0.15) is 0 Å². The van der Waals surface area contributed by atoms with Crippen LogP contribution in [0.4, 0.5) is 0 Å². The highest BCUT2D eigenvalue weighted by molar-refractivity contribution is 5.22. The van der Waals surface area contributed by atoms with E-state index in [2.05, 4.69) is 43.0 Å². The second-order valence-electron chi connectivity index (χ2n) is 11.7. The van der Waals surface area contributed by atoms with Crippen molar-refractivity contribution >= 4 is 0 Å². The standard InChI is InChI=1S/C28H41NO5/c1-19-7-12-24-20(2)25(31-26-28(24)23(19)13-14-27(3,32-26)33-34-28)30-18-22-10-8-21(9-11-22)17-29-15-5-4-6-16-29/h8-11,19-20,23-26H,4-7,12-18H2,1-3H3/t19-,20-,23+,24?,25+,26?,27-,28-/m1/s1. The van der Waals surface area contributed by atoms with Gasteiger partial charge in [-0.15, -0.1) is 0 Å². The van der Waals surface area contributed by atoms with E-state index >= 15 is 0 Å². The van der Waals surface area contributed by atoms with Crippen LogP contribution in [0.1, 0.15) is 76.8 Å². The van der Waals surface area contributed by atoms with Crippen LogP contribution in [0.15, 0.2) is 24.3 Å². The van der Waals surface area contributed by atoms with Crippen LogP contribution in [0.25, 0.3) is 0 Å². The van der Waals surface area contributed by atoms with Crippen molar-refractivity contribution in [3.05, 3.63) is 35.4 Å². The first-order valence-corrected chi connectivity index (χ1v) is 13.6. The van der Waals surface area contributed by atoms with Gasteiger partial charge in [0, 0.05) is 24.8 Å². The zero-order chi connectivity index (χ0) is 23.3. The summed E-state index contributed by atoms with van der Waals surface area (Å²) in [6.45, 7) is 10.6. The van der Waals surface area contributed by atoms with Gasteiger partial charge < -0.3 is 14.2 Å². The summed E-state index contributed by atoms with van der Waals surface area (Å²) in [6, 6.07) is 8.91. The highest BCUT2D eigenvalue weighted by Crippen LogP contribution is 2.60. The first-order valence-electron chi connectivity index (χ1n) is 13.6. The van der Waals surface area contributed by atoms with Gasteiger partial charge in [0.2, 0.25) is 5.79 Å². The fourth-order valence-corrected chi connectivity index (χ4v) is 7.36. The lowest BCUT2D eigenvalue weighted by molar-refractivity contribution is -0.577. The maximum atomic E-state index is 6.55. The van der Waals surface area contributed by atoms with Crippen molar-refractivity contribution in [1.82, 2.24) is 4.90 Å². The second kappa shape index (κ2) is 9.13. The minimum atomic E-state index is -0.743. The Balaban J connectivity index is 1.13. The molecule has 5 heterocycles. The van der Waals surface area contributed by atoms with Crippen molar-refractivity contribution < 1.29 is 24.0 Å². The molecular weight excluding hydrogens is 430 g/mol. The predicted octanol–water partition coefficient (Wildman–Crippen LogP) is 5.40. The van der Waals surface area contributed by atoms with E-state index in [0.29, 0.717) is 24.4 Å². The van der Waals surface area contributed by atoms with Gasteiger partial charge in [-0.1, -0.05) is 44.5 Å². The number of hydrogen-bond donors (Lipinski definition) is 0. The third-order valence-electron chi connectivity index (χ3n) is 9.39. The van der Waals surface area contributed by atoms with E-state index in [4.69, 9.17) is 24.0 Å². The first kappa shape index (κ1) is 23.4. The molecule has 1 spiro atoms. The average molecular weight is 472 g/mol. The molecule has 6 fully saturated rings. The molecule has 0 aromatic heterocycles. The molecule has 188 valence electrons. The number of likely N-dealkylation sites (tertiary alicyclic amines) is 1. The van der Waals surface area contributed by atoms with E-state index in [1.807, 2.05) is 6.92 Å². The fourth-order valence-electron chi connectivity index (χ4n) is 7.36. The summed E-state index contributed by atoms with van der Waals surface area (Å²) in [6.07, 6.45) is 7.46. The molecule has 1 aliphatic carbocycles. The normalized spacial score (nSPS) is 44.4. The van der Waals surface area contributed by atoms with E-state index in [1.165, 1.54) is 49.9 Å². The zero-order valence-electron chi connectivity index (χ0n) is 21.0. The van der Waals surface area contributed by atoms with Gasteiger partial charge in [-0.05, 0) is 75.1 Å². The molecule has 1 aromatic carbocycles. The summed E-state index contributed by atoms with van der Waals surface area (Å²) in [4.78, 5) is 14.7. The number of fused-ring (bicyclic) bond motifs is 2. The molecule has 6 nitrogen and oxygen atoms in total. The molecule has 34 heavy (non-hydrogen) atoms. The lowest BCUT2D eigenvalue weighted by Gasteiger charge is -2.60. The largest absolute Gasteiger partial charge is 0.348 e. The molecule has 0 radical (unpaired) electrons. The zero-order valence-corrected chi connectivity index (χ0v) is 21.0. The number of benzene rings is 1. The van der Waals surface area contributed by atoms with E-state index < -0.39 is 17.7 Å². The summed E-state index contributed by atoms with van der Waals surface area (Å²) in [5, 5.41) is 0. The summed E-state index contributed by atoms with van der Waals surface area (Å²) >= 11 is 0. The predicted molar refractivity (Wildman–Crippen MR) is 127 cm³/mol. The van der Waals surface area contributed by atoms with Crippen LogP contribution >= 0.6 is 0 Å². The lowest BCUT2D eigenvalue weighted by Crippen LogP contribution is -2.70. The van der Waals surface area contributed by atoms with E-state index in [1.54, 1.807) is 0 Å². The van der Waals surface area contributed by atoms with Crippen molar-refractivity contribution in [2.24, 2.45) is 23.7 Å². The van der Waals surface area contributed by atoms with Crippen molar-refractivity contribution in [2.75, 3.05) is 13.1 Å². The fraction of sp³-hybridized carbons (Fsp3) is 0.786. The van der Waals surface area contributed by atoms with Gasteiger partial charge in [0.05, 0.1) is 6.61 Å². The quantitative estimate of drug-likeness (QED) is 0.536. The van der Waals surface area contributed by atoms with E-state index in [0.717, 1.165) is 25.8 Å². The molecule has 6 heteroatoms. The number of piperidine rings is 1. The summed E-state index contributed by atoms with van der Waals surface area (Å²) < 4.78 is 19.4. The lowest BCUT2D eigenvalue weighted by atomic mass is 9.58. The van der Waals surface area contributed by atoms with Gasteiger partial charge in [0.15, 0.2) is 18.2 Å². The highest BCUT2D eigenvalue weighted by atomic mass is 17.3. The molecule has 1 aromatic rings. The number of rotatable bonds is 5. The molecule has 1 saturated carbocycles. The molecule has 2 unspecified atom stereocenters. The summed E-state index contributed by atoms with van der Waals surface area (Å²) in [5.41, 5.74) is 2.04. The third-order valence-corrected chi connectivity index (χ3v) is 9.39. The second-order valence-corrected chi connectivity index (χ2v) is 11.7. The SMILES string of the molecule is C[C@@H]1CCC2[C@@H](C)[C@@H](OCc3ccc(CN4CCCCC4)cc3)OC3O[C@@]4(C)CC[C@@H]1[C@]32OO4. The van der Waals surface area contributed by atoms with Crippen molar-refractivity contribution in [3.63, 3.8) is 0 Å². The van der Waals surface area contributed by atoms with E-state index in [9.17, 15) is 0 Å². The van der Waals surface area contributed by atoms with Crippen molar-refractivity contribution in [2.45, 2.75) is 103 Å². The molecule has 2 bridgehead atoms. The van der Waals surface area contributed by atoms with Crippen LogP contribution in [0.5, 0.6) is 0 Å². The minimum Gasteiger partial charge on any atom is -0.348 e. The molecule has 0 amide bonds. The molecule has 6 aliphatic rings. The Labute approximate surface area is 204 Å². The molecule has 7 rings (SSSR count). The van der Waals surface area contributed by atoms with Crippen LogP contribution < -0.4 is 0 Å². The van der Waals surface area contributed by atoms with Gasteiger partial charge in [0.25, 0.3) is 0 Å². The number of ether oxygens (including phenoxy) is 3. The van der Waals surface area contributed by atoms with Crippen molar-refractivity contribution in [1.29, 1.82) is 0 Å². The third kappa shape index (κ3) is 4.04. The van der Waals surface area contributed by atoms with Crippen LogP contribution in [0, 0.1) is 23.7 Å². The Morgan fingerprint density at radius 1 is 0.941 bits per heavy atom. The maximum Gasteiger partial charge on any atom is 0.201 e. The van der Waals surface area contributed by atoms with Crippen LogP contribution in [0.3, 0.4) is 0 Å². The highest BCUT2D eigenvalue weighted by Gasteiger charge is 2.69. The summed E-state index contributed by atoms with van der Waals surface area (Å²) in [5.74, 6) is 0.721. The molecule has 8 atom stereocenters. The molecule has 5 saturated heterocycles. The first-order chi connectivity index (χ1) is 16.5. The molecule has 5 aliphatic heterocycles. The van der Waals surface area contributed by atoms with Crippen molar-refractivity contribution in [3.8, 4) is 0 Å². The number of hydrogen-bond acceptors (Lipinski definition) is 6.